The standard InChI is InChI=1S/C13H9N3O2/c17-13(11-6-8-15-16-11)18-12-10-4-2-1-3-9(10)5-7-14-12/h1-8H,(H,15,16). The lowest BCUT2D eigenvalue weighted by Gasteiger charge is -2.04. The molecule has 0 aliphatic carbocycles. The smallest absolute Gasteiger partial charge is 0.363 e. The highest BCUT2D eigenvalue weighted by Crippen LogP contribution is 2.22. The van der Waals surface area contributed by atoms with Gasteiger partial charge in [-0.25, -0.2) is 9.78 Å². The van der Waals surface area contributed by atoms with Crippen LogP contribution in [0.1, 0.15) is 10.5 Å². The third-order valence-electron chi connectivity index (χ3n) is 2.55. The van der Waals surface area contributed by atoms with Gasteiger partial charge in [0.2, 0.25) is 5.88 Å². The average molecular weight is 239 g/mol. The van der Waals surface area contributed by atoms with Crippen molar-refractivity contribution in [2.45, 2.75) is 0 Å². The average Bonchev–Trinajstić information content (AvgIpc) is 2.93. The van der Waals surface area contributed by atoms with Crippen LogP contribution in [0, 0.1) is 0 Å². The van der Waals surface area contributed by atoms with Gasteiger partial charge in [0.05, 0.1) is 0 Å². The molecule has 0 unspecified atom stereocenters. The Balaban J connectivity index is 1.98. The van der Waals surface area contributed by atoms with E-state index in [0.717, 1.165) is 10.8 Å². The molecule has 3 aromatic rings. The lowest BCUT2D eigenvalue weighted by molar-refractivity contribution is 0.0724. The number of benzene rings is 1. The molecule has 0 fully saturated rings. The molecule has 5 heteroatoms. The van der Waals surface area contributed by atoms with Crippen LogP contribution in [0.2, 0.25) is 0 Å². The van der Waals surface area contributed by atoms with Gasteiger partial charge in [0, 0.05) is 17.8 Å². The highest BCUT2D eigenvalue weighted by Gasteiger charge is 2.12. The zero-order chi connectivity index (χ0) is 12.4. The molecule has 0 radical (unpaired) electrons. The number of H-pyrrole nitrogens is 1. The Hall–Kier alpha value is -2.69. The van der Waals surface area contributed by atoms with E-state index >= 15 is 0 Å². The van der Waals surface area contributed by atoms with Gasteiger partial charge in [-0.1, -0.05) is 18.2 Å². The van der Waals surface area contributed by atoms with E-state index in [4.69, 9.17) is 4.74 Å². The first-order valence-corrected chi connectivity index (χ1v) is 5.40. The Labute approximate surface area is 102 Å². The Morgan fingerprint density at radius 2 is 2.00 bits per heavy atom. The number of fused-ring (bicyclic) bond motifs is 1. The van der Waals surface area contributed by atoms with Crippen molar-refractivity contribution in [3.05, 3.63) is 54.5 Å². The molecule has 88 valence electrons. The number of pyridine rings is 1. The van der Waals surface area contributed by atoms with Crippen molar-refractivity contribution in [3.8, 4) is 5.88 Å². The molecule has 2 aromatic heterocycles. The molecule has 0 saturated heterocycles. The summed E-state index contributed by atoms with van der Waals surface area (Å²) in [6, 6.07) is 11.0. The fourth-order valence-electron chi connectivity index (χ4n) is 1.69. The number of hydrogen-bond donors (Lipinski definition) is 1. The Kier molecular flexibility index (Phi) is 2.49. The second-order valence-electron chi connectivity index (χ2n) is 3.70. The normalized spacial score (nSPS) is 10.4. The van der Waals surface area contributed by atoms with Gasteiger partial charge in [-0.15, -0.1) is 0 Å². The van der Waals surface area contributed by atoms with Crippen molar-refractivity contribution in [2.75, 3.05) is 0 Å². The Morgan fingerprint density at radius 3 is 2.83 bits per heavy atom. The molecule has 0 aliphatic rings. The third kappa shape index (κ3) is 1.82. The summed E-state index contributed by atoms with van der Waals surface area (Å²) < 4.78 is 5.25. The molecule has 1 aromatic carbocycles. The van der Waals surface area contributed by atoms with E-state index in [1.165, 1.54) is 6.20 Å². The summed E-state index contributed by atoms with van der Waals surface area (Å²) in [6.07, 6.45) is 3.10. The van der Waals surface area contributed by atoms with Gasteiger partial charge in [0.15, 0.2) is 0 Å². The van der Waals surface area contributed by atoms with Crippen molar-refractivity contribution in [3.63, 3.8) is 0 Å². The molecule has 0 amide bonds. The zero-order valence-electron chi connectivity index (χ0n) is 9.33. The predicted molar refractivity (Wildman–Crippen MR) is 65.3 cm³/mol. The number of esters is 1. The number of hydrogen-bond acceptors (Lipinski definition) is 4. The summed E-state index contributed by atoms with van der Waals surface area (Å²) in [5.41, 5.74) is 0.296. The van der Waals surface area contributed by atoms with Gasteiger partial charge in [-0.05, 0) is 23.6 Å². The number of rotatable bonds is 2. The van der Waals surface area contributed by atoms with Gasteiger partial charge in [0.25, 0.3) is 0 Å². The van der Waals surface area contributed by atoms with Crippen molar-refractivity contribution >= 4 is 16.7 Å². The molecule has 0 bridgehead atoms. The van der Waals surface area contributed by atoms with Gasteiger partial charge >= 0.3 is 5.97 Å². The maximum atomic E-state index is 11.8. The molecule has 3 rings (SSSR count). The number of aromatic nitrogens is 3. The lowest BCUT2D eigenvalue weighted by Crippen LogP contribution is -2.10. The first-order valence-electron chi connectivity index (χ1n) is 5.40. The van der Waals surface area contributed by atoms with Crippen molar-refractivity contribution in [2.24, 2.45) is 0 Å². The Bertz CT molecular complexity index is 687. The van der Waals surface area contributed by atoms with Crippen LogP contribution >= 0.6 is 0 Å². The monoisotopic (exact) mass is 239 g/mol. The van der Waals surface area contributed by atoms with Crippen LogP contribution in [0.3, 0.4) is 0 Å². The van der Waals surface area contributed by atoms with E-state index in [-0.39, 0.29) is 0 Å². The van der Waals surface area contributed by atoms with Crippen molar-refractivity contribution < 1.29 is 9.53 Å². The first-order chi connectivity index (χ1) is 8.84. The number of aromatic amines is 1. The molecule has 0 aliphatic heterocycles. The summed E-state index contributed by atoms with van der Waals surface area (Å²) in [7, 11) is 0. The van der Waals surface area contributed by atoms with E-state index in [1.54, 1.807) is 12.3 Å². The fourth-order valence-corrected chi connectivity index (χ4v) is 1.69. The number of nitrogens with one attached hydrogen (secondary N) is 1. The lowest BCUT2D eigenvalue weighted by atomic mass is 10.2. The van der Waals surface area contributed by atoms with Crippen LogP contribution in [0.5, 0.6) is 5.88 Å². The largest absolute Gasteiger partial charge is 0.402 e. The molecule has 0 atom stereocenters. The Morgan fingerprint density at radius 1 is 1.11 bits per heavy atom. The van der Waals surface area contributed by atoms with Crippen LogP contribution in [-0.2, 0) is 0 Å². The van der Waals surface area contributed by atoms with Crippen LogP contribution < -0.4 is 4.74 Å². The van der Waals surface area contributed by atoms with Gasteiger partial charge in [-0.3, -0.25) is 5.10 Å². The first kappa shape index (κ1) is 10.5. The number of ether oxygens (including phenoxy) is 1. The van der Waals surface area contributed by atoms with Gasteiger partial charge < -0.3 is 4.74 Å². The molecule has 0 saturated carbocycles. The van der Waals surface area contributed by atoms with E-state index in [1.807, 2.05) is 30.3 Å². The van der Waals surface area contributed by atoms with Crippen LogP contribution in [0.15, 0.2) is 48.8 Å². The quantitative estimate of drug-likeness (QED) is 0.696. The maximum Gasteiger partial charge on any atom is 0.363 e. The van der Waals surface area contributed by atoms with Crippen molar-refractivity contribution in [1.82, 2.24) is 15.2 Å². The van der Waals surface area contributed by atoms with Crippen LogP contribution in [-0.4, -0.2) is 21.2 Å². The summed E-state index contributed by atoms with van der Waals surface area (Å²) in [4.78, 5) is 15.9. The molecule has 2 heterocycles. The maximum absolute atomic E-state index is 11.8. The van der Waals surface area contributed by atoms with E-state index in [9.17, 15) is 4.79 Å². The zero-order valence-corrected chi connectivity index (χ0v) is 9.33. The van der Waals surface area contributed by atoms with Gasteiger partial charge in [0.1, 0.15) is 5.69 Å². The van der Waals surface area contributed by atoms with Crippen LogP contribution in [0.4, 0.5) is 0 Å². The summed E-state index contributed by atoms with van der Waals surface area (Å²) in [5, 5.41) is 8.02. The molecular formula is C13H9N3O2. The third-order valence-corrected chi connectivity index (χ3v) is 2.55. The minimum atomic E-state index is -0.503. The highest BCUT2D eigenvalue weighted by molar-refractivity contribution is 5.93. The molecular weight excluding hydrogens is 230 g/mol. The second-order valence-corrected chi connectivity index (χ2v) is 3.70. The number of carbonyl (C=O) groups is 1. The van der Waals surface area contributed by atoms with E-state index in [0.29, 0.717) is 11.6 Å². The summed E-state index contributed by atoms with van der Waals surface area (Å²) >= 11 is 0. The second kappa shape index (κ2) is 4.29. The molecule has 1 N–H and O–H groups in total. The van der Waals surface area contributed by atoms with Gasteiger partial charge in [-0.2, -0.15) is 5.10 Å². The number of carbonyl (C=O) groups excluding carboxylic acids is 1. The van der Waals surface area contributed by atoms with Crippen LogP contribution in [0.25, 0.3) is 10.8 Å². The minimum absolute atomic E-state index is 0.296. The topological polar surface area (TPSA) is 67.9 Å². The van der Waals surface area contributed by atoms with Crippen molar-refractivity contribution in [1.29, 1.82) is 0 Å². The molecule has 5 nitrogen and oxygen atoms in total. The van der Waals surface area contributed by atoms with E-state index < -0.39 is 5.97 Å². The van der Waals surface area contributed by atoms with E-state index in [2.05, 4.69) is 15.2 Å². The molecule has 0 spiro atoms. The summed E-state index contributed by atoms with van der Waals surface area (Å²) in [6.45, 7) is 0. The predicted octanol–water partition coefficient (Wildman–Crippen LogP) is 2.18. The fraction of sp³-hybridized carbons (Fsp3) is 0. The SMILES string of the molecule is O=C(Oc1nccc2ccccc12)c1ccn[nH]1. The highest BCUT2D eigenvalue weighted by atomic mass is 16.5. The number of nitrogens with zero attached hydrogens (tertiary/aromatic N) is 2. The minimum Gasteiger partial charge on any atom is -0.402 e. The molecule has 18 heavy (non-hydrogen) atoms. The summed E-state index contributed by atoms with van der Waals surface area (Å²) in [5.74, 6) is -0.205.